The summed E-state index contributed by atoms with van der Waals surface area (Å²) in [5.41, 5.74) is 4.05. The molecule has 0 aliphatic heterocycles. The van der Waals surface area contributed by atoms with E-state index in [1.165, 1.54) is 12.5 Å². The number of carbonyl (C=O) groups is 2. The topological polar surface area (TPSA) is 134 Å². The van der Waals surface area contributed by atoms with Gasteiger partial charge < -0.3 is 29.5 Å². The minimum absolute atomic E-state index is 0.0288. The number of carbonyl (C=O) groups excluding carboxylic acids is 2. The molecule has 0 radical (unpaired) electrons. The van der Waals surface area contributed by atoms with E-state index in [1.54, 1.807) is 11.6 Å². The van der Waals surface area contributed by atoms with Gasteiger partial charge in [0.1, 0.15) is 23.7 Å². The lowest BCUT2D eigenvalue weighted by Gasteiger charge is -2.18. The van der Waals surface area contributed by atoms with Gasteiger partial charge >= 0.3 is 12.3 Å². The molecule has 4 rings (SSSR count). The molecule has 3 N–H and O–H groups in total. The summed E-state index contributed by atoms with van der Waals surface area (Å²) in [6.45, 7) is -0.572. The van der Waals surface area contributed by atoms with Crippen molar-refractivity contribution >= 4 is 27.9 Å². The van der Waals surface area contributed by atoms with Crippen LogP contribution < -0.4 is 15.8 Å². The fourth-order valence-electron chi connectivity index (χ4n) is 3.53. The minimum atomic E-state index is -4.55. The smallest absolute Gasteiger partial charge is 0.416 e. The Hall–Kier alpha value is -4.47. The summed E-state index contributed by atoms with van der Waals surface area (Å²) in [6.07, 6.45) is -3.89. The Morgan fingerprint density at radius 1 is 1.17 bits per heavy atom. The van der Waals surface area contributed by atoms with E-state index >= 15 is 0 Å². The van der Waals surface area contributed by atoms with Crippen LogP contribution in [0.3, 0.4) is 0 Å². The zero-order chi connectivity index (χ0) is 29.9. The van der Waals surface area contributed by atoms with Crippen molar-refractivity contribution in [3.8, 4) is 17.0 Å². The first-order chi connectivity index (χ1) is 19.3. The molecule has 2 aromatic heterocycles. The number of hydrogen-bond acceptors (Lipinski definition) is 7. The number of nitrogens with two attached hydrogens (primary N) is 1. The van der Waals surface area contributed by atoms with E-state index in [9.17, 15) is 31.5 Å². The van der Waals surface area contributed by atoms with Crippen LogP contribution in [0.15, 0.2) is 58.0 Å². The van der Waals surface area contributed by atoms with Crippen LogP contribution >= 0.6 is 15.9 Å². The van der Waals surface area contributed by atoms with Crippen molar-refractivity contribution in [2.75, 3.05) is 6.61 Å². The average Bonchev–Trinajstić information content (AvgIpc) is 3.50. The lowest BCUT2D eigenvalue weighted by molar-refractivity contribution is -0.137. The van der Waals surface area contributed by atoms with E-state index in [2.05, 4.69) is 31.2 Å². The number of benzene rings is 2. The van der Waals surface area contributed by atoms with Gasteiger partial charge in [0, 0.05) is 18.8 Å². The van der Waals surface area contributed by atoms with Crippen LogP contribution in [0.25, 0.3) is 11.3 Å². The van der Waals surface area contributed by atoms with Crippen LogP contribution in [-0.2, 0) is 24.5 Å². The molecule has 0 spiro atoms. The fraction of sp³-hybridized carbons (Fsp3) is 0.200. The quantitative estimate of drug-likeness (QED) is 0.237. The van der Waals surface area contributed by atoms with Gasteiger partial charge in [-0.1, -0.05) is 12.1 Å². The number of imidazole rings is 1. The number of hydrogen-bond donors (Lipinski definition) is 2. The van der Waals surface area contributed by atoms with E-state index in [0.717, 1.165) is 36.4 Å². The Bertz CT molecular complexity index is 1570. The van der Waals surface area contributed by atoms with Crippen LogP contribution in [0.1, 0.15) is 33.6 Å². The summed E-state index contributed by atoms with van der Waals surface area (Å²) in [7, 11) is 1.71. The van der Waals surface area contributed by atoms with Gasteiger partial charge in [-0.3, -0.25) is 4.79 Å². The van der Waals surface area contributed by atoms with Crippen molar-refractivity contribution in [3.05, 3.63) is 87.9 Å². The maximum atomic E-state index is 14.9. The number of oxazole rings is 1. The molecule has 2 heterocycles. The Kier molecular flexibility index (Phi) is 8.60. The zero-order valence-electron chi connectivity index (χ0n) is 20.8. The highest BCUT2D eigenvalue weighted by atomic mass is 79.9. The molecule has 0 saturated carbocycles. The zero-order valence-corrected chi connectivity index (χ0v) is 22.4. The van der Waals surface area contributed by atoms with Gasteiger partial charge in [0.15, 0.2) is 16.2 Å². The second-order valence-corrected chi connectivity index (χ2v) is 9.12. The standard InChI is InChI=1S/C25H19BrF5N5O5/c1-36-11-33-8-14(36)9-34-24(38)39-10-17(40-16-7-6-15(27)18(19(16)28)22(32)37)23-35-20(21(26)41-23)12-2-4-13(5-3-12)25(29,30)31/h2-8,11,17H,9-10H2,1H3,(H2,32,37)(H,34,38). The van der Waals surface area contributed by atoms with Crippen molar-refractivity contribution in [1.29, 1.82) is 0 Å². The summed E-state index contributed by atoms with van der Waals surface area (Å²) in [5, 5.41) is 2.48. The summed E-state index contributed by atoms with van der Waals surface area (Å²) in [6, 6.07) is 5.63. The minimum Gasteiger partial charge on any atom is -0.474 e. The Labute approximate surface area is 236 Å². The molecule has 216 valence electrons. The Balaban J connectivity index is 1.61. The van der Waals surface area contributed by atoms with Gasteiger partial charge in [-0.15, -0.1) is 0 Å². The van der Waals surface area contributed by atoms with Gasteiger partial charge in [0.25, 0.3) is 5.91 Å². The summed E-state index contributed by atoms with van der Waals surface area (Å²) >= 11 is 3.13. The predicted octanol–water partition coefficient (Wildman–Crippen LogP) is 5.28. The molecule has 4 aromatic rings. The van der Waals surface area contributed by atoms with Gasteiger partial charge in [-0.05, 0) is 40.2 Å². The van der Waals surface area contributed by atoms with E-state index < -0.39 is 59.4 Å². The highest BCUT2D eigenvalue weighted by Crippen LogP contribution is 2.36. The fourth-order valence-corrected chi connectivity index (χ4v) is 4.01. The first-order valence-corrected chi connectivity index (χ1v) is 12.3. The monoisotopic (exact) mass is 643 g/mol. The highest BCUT2D eigenvalue weighted by molar-refractivity contribution is 9.10. The number of amides is 2. The SMILES string of the molecule is Cn1cncc1CNC(=O)OCC(Oc1ccc(F)c(C(N)=O)c1F)c1nc(-c2ccc(C(F)(F)F)cc2)c(Br)o1. The van der Waals surface area contributed by atoms with Crippen LogP contribution in [0, 0.1) is 11.6 Å². The molecule has 10 nitrogen and oxygen atoms in total. The van der Waals surface area contributed by atoms with Gasteiger partial charge in [0.2, 0.25) is 12.0 Å². The number of alkyl carbamates (subject to hydrolysis) is 1. The van der Waals surface area contributed by atoms with Crippen molar-refractivity contribution < 1.29 is 45.4 Å². The molecule has 0 fully saturated rings. The van der Waals surface area contributed by atoms with Gasteiger partial charge in [-0.2, -0.15) is 13.2 Å². The van der Waals surface area contributed by atoms with Crippen molar-refractivity contribution in [3.63, 3.8) is 0 Å². The molecule has 1 unspecified atom stereocenters. The van der Waals surface area contributed by atoms with Crippen LogP contribution in [0.5, 0.6) is 5.75 Å². The number of halogens is 6. The molecule has 16 heteroatoms. The third kappa shape index (κ3) is 6.82. The third-order valence-corrected chi connectivity index (χ3v) is 6.17. The summed E-state index contributed by atoms with van der Waals surface area (Å²) in [5.74, 6) is -4.98. The molecule has 0 bridgehead atoms. The van der Waals surface area contributed by atoms with Crippen LogP contribution in [0.4, 0.5) is 26.7 Å². The molecule has 0 aliphatic carbocycles. The van der Waals surface area contributed by atoms with Crippen LogP contribution in [0.2, 0.25) is 0 Å². The maximum absolute atomic E-state index is 14.9. The number of aromatic nitrogens is 3. The number of nitrogens with zero attached hydrogens (tertiary/aromatic N) is 3. The van der Waals surface area contributed by atoms with Crippen molar-refractivity contribution in [2.45, 2.75) is 18.8 Å². The number of nitrogens with one attached hydrogen (secondary N) is 1. The second kappa shape index (κ2) is 12.0. The maximum Gasteiger partial charge on any atom is 0.416 e. The number of rotatable bonds is 9. The van der Waals surface area contributed by atoms with Crippen LogP contribution in [-0.4, -0.2) is 33.1 Å². The molecule has 0 saturated heterocycles. The Morgan fingerprint density at radius 2 is 1.88 bits per heavy atom. The lowest BCUT2D eigenvalue weighted by atomic mass is 10.1. The number of primary amides is 1. The first kappa shape index (κ1) is 29.5. The van der Waals surface area contributed by atoms with E-state index in [-0.39, 0.29) is 28.4 Å². The van der Waals surface area contributed by atoms with Gasteiger partial charge in [0.05, 0.1) is 24.1 Å². The third-order valence-electron chi connectivity index (χ3n) is 5.63. The first-order valence-electron chi connectivity index (χ1n) is 11.5. The van der Waals surface area contributed by atoms with Gasteiger partial charge in [-0.25, -0.2) is 23.5 Å². The molecule has 2 amide bonds. The number of ether oxygens (including phenoxy) is 2. The van der Waals surface area contributed by atoms with Crippen molar-refractivity contribution in [2.24, 2.45) is 12.8 Å². The Morgan fingerprint density at radius 3 is 2.49 bits per heavy atom. The van der Waals surface area contributed by atoms with E-state index in [0.29, 0.717) is 5.69 Å². The average molecular weight is 644 g/mol. The normalized spacial score (nSPS) is 12.2. The molecular weight excluding hydrogens is 625 g/mol. The molecule has 0 aliphatic rings. The highest BCUT2D eigenvalue weighted by Gasteiger charge is 2.31. The largest absolute Gasteiger partial charge is 0.474 e. The number of alkyl halides is 3. The number of aryl methyl sites for hydroxylation is 1. The predicted molar refractivity (Wildman–Crippen MR) is 134 cm³/mol. The molecule has 2 aromatic carbocycles. The van der Waals surface area contributed by atoms with Crippen molar-refractivity contribution in [1.82, 2.24) is 19.9 Å². The summed E-state index contributed by atoms with van der Waals surface area (Å²) in [4.78, 5) is 32.0. The molecular formula is C25H19BrF5N5O5. The molecule has 1 atom stereocenters. The lowest BCUT2D eigenvalue weighted by Crippen LogP contribution is -2.28. The second-order valence-electron chi connectivity index (χ2n) is 8.40. The summed E-state index contributed by atoms with van der Waals surface area (Å²) < 4.78 is 85.7. The van der Waals surface area contributed by atoms with E-state index in [1.807, 2.05) is 0 Å². The van der Waals surface area contributed by atoms with E-state index in [4.69, 9.17) is 19.6 Å². The molecule has 41 heavy (non-hydrogen) atoms.